The van der Waals surface area contributed by atoms with E-state index in [1.165, 1.54) is 19.8 Å². The van der Waals surface area contributed by atoms with E-state index in [-0.39, 0.29) is 23.2 Å². The average molecular weight is 477 g/mol. The fraction of sp³-hybridized carbons (Fsp3) is 0.731. The summed E-state index contributed by atoms with van der Waals surface area (Å²) in [5.74, 6) is -0.495. The van der Waals surface area contributed by atoms with Gasteiger partial charge in [0.2, 0.25) is 0 Å². The molecule has 0 bridgehead atoms. The van der Waals surface area contributed by atoms with Gasteiger partial charge in [0.1, 0.15) is 12.2 Å². The third kappa shape index (κ3) is 3.79. The normalized spacial score (nSPS) is 39.3. The van der Waals surface area contributed by atoms with Crippen LogP contribution in [-0.2, 0) is 23.7 Å². The molecule has 3 fully saturated rings. The van der Waals surface area contributed by atoms with Gasteiger partial charge < -0.3 is 24.1 Å². The Morgan fingerprint density at radius 1 is 1.00 bits per heavy atom. The van der Waals surface area contributed by atoms with Gasteiger partial charge in [-0.2, -0.15) is 0 Å². The number of ether oxygens (including phenoxy) is 4. The first-order chi connectivity index (χ1) is 16.1. The van der Waals surface area contributed by atoms with Gasteiger partial charge in [-0.3, -0.25) is 4.79 Å². The summed E-state index contributed by atoms with van der Waals surface area (Å²) in [5, 5.41) is 9.69. The van der Waals surface area contributed by atoms with Crippen molar-refractivity contribution in [2.75, 3.05) is 14.2 Å². The van der Waals surface area contributed by atoms with E-state index in [2.05, 4.69) is 30.7 Å². The molecule has 8 nitrogen and oxygen atoms in total. The lowest BCUT2D eigenvalue weighted by molar-refractivity contribution is -0.145. The molecule has 4 aliphatic carbocycles. The second-order valence-electron chi connectivity index (χ2n) is 10.8. The molecule has 188 valence electrons. The standard InChI is InChI=1S/C26H36O8/c1-14(22(27)28)18-8-9-19-17-7-6-15-12-16(33-23(29)31-4)13-21(34-24(30)32-5)26(15,3)20(17)10-11-25(18,19)2/h6-7,14,16,18-21H,8-13H2,1-5H3,(H,27,28)/t14?,16?,18-,19+,20+,21?,25-,26+/m1/s1. The van der Waals surface area contributed by atoms with Crippen molar-refractivity contribution < 1.29 is 38.4 Å². The summed E-state index contributed by atoms with van der Waals surface area (Å²) in [4.78, 5) is 35.8. The van der Waals surface area contributed by atoms with Crippen LogP contribution in [0.4, 0.5) is 9.59 Å². The fourth-order valence-corrected chi connectivity index (χ4v) is 7.65. The molecule has 0 heterocycles. The Labute approximate surface area is 200 Å². The van der Waals surface area contributed by atoms with Gasteiger partial charge in [0.15, 0.2) is 0 Å². The molecule has 3 saturated carbocycles. The summed E-state index contributed by atoms with van der Waals surface area (Å²) in [6, 6.07) is 0. The summed E-state index contributed by atoms with van der Waals surface area (Å²) >= 11 is 0. The first-order valence-corrected chi connectivity index (χ1v) is 12.2. The molecule has 0 spiro atoms. The average Bonchev–Trinajstić information content (AvgIpc) is 3.16. The van der Waals surface area contributed by atoms with Gasteiger partial charge in [-0.05, 0) is 48.9 Å². The molecule has 8 atom stereocenters. The number of carboxylic acid groups (broad SMARTS) is 1. The Hall–Kier alpha value is -2.51. The predicted octanol–water partition coefficient (Wildman–Crippen LogP) is 5.12. The van der Waals surface area contributed by atoms with E-state index in [9.17, 15) is 19.5 Å². The first kappa shape index (κ1) is 24.6. The topological polar surface area (TPSA) is 108 Å². The van der Waals surface area contributed by atoms with E-state index in [4.69, 9.17) is 14.2 Å². The maximum atomic E-state index is 12.2. The highest BCUT2D eigenvalue weighted by atomic mass is 16.7. The molecule has 4 aliphatic rings. The van der Waals surface area contributed by atoms with Crippen LogP contribution < -0.4 is 0 Å². The van der Waals surface area contributed by atoms with Gasteiger partial charge in [-0.15, -0.1) is 0 Å². The highest BCUT2D eigenvalue weighted by Crippen LogP contribution is 2.66. The zero-order valence-electron chi connectivity index (χ0n) is 20.7. The Morgan fingerprint density at radius 3 is 2.32 bits per heavy atom. The van der Waals surface area contributed by atoms with E-state index in [1.807, 2.05) is 6.92 Å². The quantitative estimate of drug-likeness (QED) is 0.557. The number of rotatable bonds is 4. The number of hydrogen-bond acceptors (Lipinski definition) is 7. The van der Waals surface area contributed by atoms with E-state index >= 15 is 0 Å². The summed E-state index contributed by atoms with van der Waals surface area (Å²) < 4.78 is 20.7. The van der Waals surface area contributed by atoms with E-state index in [0.29, 0.717) is 18.8 Å². The number of carbonyl (C=O) groups excluding carboxylic acids is 2. The molecular weight excluding hydrogens is 440 g/mol. The van der Waals surface area contributed by atoms with Crippen LogP contribution in [0.25, 0.3) is 0 Å². The number of carboxylic acids is 1. The molecule has 0 aromatic rings. The molecule has 0 amide bonds. The molecule has 0 aromatic carbocycles. The molecule has 3 unspecified atom stereocenters. The summed E-state index contributed by atoms with van der Waals surface area (Å²) in [5.41, 5.74) is 1.91. The lowest BCUT2D eigenvalue weighted by Gasteiger charge is -2.56. The molecule has 0 radical (unpaired) electrons. The van der Waals surface area contributed by atoms with Crippen LogP contribution in [0.5, 0.6) is 0 Å². The van der Waals surface area contributed by atoms with Crippen LogP contribution in [-0.4, -0.2) is 49.8 Å². The van der Waals surface area contributed by atoms with Crippen LogP contribution >= 0.6 is 0 Å². The summed E-state index contributed by atoms with van der Waals surface area (Å²) in [6.45, 7) is 6.24. The Balaban J connectivity index is 1.68. The van der Waals surface area contributed by atoms with Crippen LogP contribution in [0.1, 0.15) is 59.3 Å². The second kappa shape index (κ2) is 8.93. The lowest BCUT2D eigenvalue weighted by atomic mass is 9.49. The minimum absolute atomic E-state index is 0.0637. The van der Waals surface area contributed by atoms with Gasteiger partial charge in [-0.1, -0.05) is 44.1 Å². The largest absolute Gasteiger partial charge is 0.508 e. The van der Waals surface area contributed by atoms with Crippen molar-refractivity contribution in [3.63, 3.8) is 0 Å². The SMILES string of the molecule is COC(=O)OC1CC2=CC=C3[C@@H]4CC[C@H](C(C)C(=O)O)[C@@]4(C)CC[C@@H]3[C@@]2(C)C(OC(=O)OC)C1. The minimum atomic E-state index is -0.754. The van der Waals surface area contributed by atoms with Crippen LogP contribution in [0.15, 0.2) is 23.3 Å². The molecule has 0 aliphatic heterocycles. The monoisotopic (exact) mass is 476 g/mol. The van der Waals surface area contributed by atoms with Crippen molar-refractivity contribution in [3.8, 4) is 0 Å². The van der Waals surface area contributed by atoms with Gasteiger partial charge in [0, 0.05) is 18.3 Å². The van der Waals surface area contributed by atoms with Crippen molar-refractivity contribution in [1.29, 1.82) is 0 Å². The number of allylic oxidation sites excluding steroid dienone is 3. The Kier molecular flexibility index (Phi) is 6.46. The van der Waals surface area contributed by atoms with Crippen molar-refractivity contribution in [3.05, 3.63) is 23.3 Å². The molecule has 8 heteroatoms. The third-order valence-corrected chi connectivity index (χ3v) is 9.50. The van der Waals surface area contributed by atoms with E-state index < -0.39 is 35.9 Å². The minimum Gasteiger partial charge on any atom is -0.481 e. The Bertz CT molecular complexity index is 922. The van der Waals surface area contributed by atoms with Crippen molar-refractivity contribution in [2.45, 2.75) is 71.5 Å². The molecule has 0 saturated heterocycles. The van der Waals surface area contributed by atoms with Gasteiger partial charge in [-0.25, -0.2) is 9.59 Å². The van der Waals surface area contributed by atoms with Crippen molar-refractivity contribution in [1.82, 2.24) is 0 Å². The van der Waals surface area contributed by atoms with E-state index in [0.717, 1.165) is 31.3 Å². The van der Waals surface area contributed by atoms with Crippen molar-refractivity contribution in [2.24, 2.45) is 34.5 Å². The highest BCUT2D eigenvalue weighted by molar-refractivity contribution is 5.70. The maximum Gasteiger partial charge on any atom is 0.508 e. The van der Waals surface area contributed by atoms with Gasteiger partial charge >= 0.3 is 18.3 Å². The van der Waals surface area contributed by atoms with Crippen LogP contribution in [0, 0.1) is 34.5 Å². The van der Waals surface area contributed by atoms with Crippen LogP contribution in [0.2, 0.25) is 0 Å². The number of fused-ring (bicyclic) bond motifs is 5. The van der Waals surface area contributed by atoms with Crippen LogP contribution in [0.3, 0.4) is 0 Å². The molecule has 34 heavy (non-hydrogen) atoms. The summed E-state index contributed by atoms with van der Waals surface area (Å²) in [6.07, 6.45) is 6.42. The van der Waals surface area contributed by atoms with E-state index in [1.54, 1.807) is 0 Å². The molecular formula is C26H36O8. The number of aliphatic carboxylic acids is 1. The number of carbonyl (C=O) groups is 3. The fourth-order valence-electron chi connectivity index (χ4n) is 7.65. The van der Waals surface area contributed by atoms with Crippen molar-refractivity contribution >= 4 is 18.3 Å². The number of methoxy groups -OCH3 is 2. The zero-order chi connectivity index (χ0) is 24.8. The number of hydrogen-bond donors (Lipinski definition) is 1. The van der Waals surface area contributed by atoms with Gasteiger partial charge in [0.05, 0.1) is 20.1 Å². The second-order valence-corrected chi connectivity index (χ2v) is 10.8. The summed E-state index contributed by atoms with van der Waals surface area (Å²) in [7, 11) is 2.55. The highest BCUT2D eigenvalue weighted by Gasteiger charge is 2.60. The third-order valence-electron chi connectivity index (χ3n) is 9.50. The molecule has 1 N–H and O–H groups in total. The predicted molar refractivity (Wildman–Crippen MR) is 122 cm³/mol. The zero-order valence-corrected chi connectivity index (χ0v) is 20.7. The smallest absolute Gasteiger partial charge is 0.481 e. The first-order valence-electron chi connectivity index (χ1n) is 12.2. The lowest BCUT2D eigenvalue weighted by Crippen LogP contribution is -2.54. The van der Waals surface area contributed by atoms with Gasteiger partial charge in [0.25, 0.3) is 0 Å². The Morgan fingerprint density at radius 2 is 1.68 bits per heavy atom. The maximum absolute atomic E-state index is 12.2. The molecule has 4 rings (SSSR count). The molecule has 0 aromatic heterocycles.